The van der Waals surface area contributed by atoms with E-state index in [-0.39, 0.29) is 5.82 Å². The van der Waals surface area contributed by atoms with E-state index in [1.54, 1.807) is 0 Å². The van der Waals surface area contributed by atoms with Gasteiger partial charge in [-0.15, -0.1) is 0 Å². The quantitative estimate of drug-likeness (QED) is 0.688. The van der Waals surface area contributed by atoms with Crippen LogP contribution < -0.4 is 0 Å². The molecule has 0 aliphatic carbocycles. The minimum Gasteiger partial charge on any atom is -0.377 e. The Morgan fingerprint density at radius 1 is 1.50 bits per heavy atom. The fraction of sp³-hybridized carbons (Fsp3) is 0.364. The van der Waals surface area contributed by atoms with Crippen molar-refractivity contribution >= 4 is 0 Å². The number of rotatable bonds is 4. The van der Waals surface area contributed by atoms with E-state index < -0.39 is 0 Å². The molecule has 3 heteroatoms. The van der Waals surface area contributed by atoms with E-state index in [0.29, 0.717) is 24.3 Å². The van der Waals surface area contributed by atoms with Crippen LogP contribution in [0.4, 0.5) is 4.39 Å². The summed E-state index contributed by atoms with van der Waals surface area (Å²) < 4.78 is 18.1. The summed E-state index contributed by atoms with van der Waals surface area (Å²) in [4.78, 5) is 0. The Balaban J connectivity index is 2.73. The van der Waals surface area contributed by atoms with Gasteiger partial charge < -0.3 is 4.74 Å². The largest absolute Gasteiger partial charge is 0.377 e. The lowest BCUT2D eigenvalue weighted by Gasteiger charge is -2.04. The maximum atomic E-state index is 12.8. The second kappa shape index (κ2) is 5.36. The highest BCUT2D eigenvalue weighted by atomic mass is 19.1. The van der Waals surface area contributed by atoms with Crippen molar-refractivity contribution in [3.8, 4) is 6.07 Å². The molecule has 0 bridgehead atoms. The van der Waals surface area contributed by atoms with Crippen molar-refractivity contribution in [2.75, 3.05) is 6.61 Å². The van der Waals surface area contributed by atoms with Crippen LogP contribution in [0.2, 0.25) is 0 Å². The zero-order chi connectivity index (χ0) is 10.4. The fourth-order valence-corrected chi connectivity index (χ4v) is 1.12. The smallest absolute Gasteiger partial charge is 0.123 e. The average Bonchev–Trinajstić information content (AvgIpc) is 2.19. The van der Waals surface area contributed by atoms with Gasteiger partial charge >= 0.3 is 0 Å². The van der Waals surface area contributed by atoms with E-state index in [9.17, 15) is 4.39 Å². The second-order valence-electron chi connectivity index (χ2n) is 2.97. The molecule has 0 amide bonds. The van der Waals surface area contributed by atoms with E-state index >= 15 is 0 Å². The van der Waals surface area contributed by atoms with E-state index in [2.05, 4.69) is 0 Å². The predicted molar refractivity (Wildman–Crippen MR) is 51.1 cm³/mol. The topological polar surface area (TPSA) is 33.0 Å². The molecular weight excluding hydrogens is 181 g/mol. The van der Waals surface area contributed by atoms with Crippen molar-refractivity contribution in [2.24, 2.45) is 0 Å². The molecule has 1 aromatic carbocycles. The SMILES string of the molecule is CCCOCc1cc(F)ccc1C#N. The van der Waals surface area contributed by atoms with Gasteiger partial charge in [-0.05, 0) is 30.2 Å². The van der Waals surface area contributed by atoms with Crippen molar-refractivity contribution in [3.63, 3.8) is 0 Å². The van der Waals surface area contributed by atoms with E-state index in [1.807, 2.05) is 13.0 Å². The Hall–Kier alpha value is -1.40. The standard InChI is InChI=1S/C11H12FNO/c1-2-5-14-8-10-6-11(12)4-3-9(10)7-13/h3-4,6H,2,5,8H2,1H3. The third-order valence-corrected chi connectivity index (χ3v) is 1.79. The molecule has 0 saturated carbocycles. The van der Waals surface area contributed by atoms with Gasteiger partial charge in [0.1, 0.15) is 5.82 Å². The molecule has 74 valence electrons. The summed E-state index contributed by atoms with van der Waals surface area (Å²) in [6.07, 6.45) is 0.914. The monoisotopic (exact) mass is 193 g/mol. The molecule has 14 heavy (non-hydrogen) atoms. The lowest BCUT2D eigenvalue weighted by atomic mass is 10.1. The number of benzene rings is 1. The number of hydrogen-bond acceptors (Lipinski definition) is 2. The van der Waals surface area contributed by atoms with Crippen molar-refractivity contribution in [2.45, 2.75) is 20.0 Å². The number of ether oxygens (including phenoxy) is 1. The van der Waals surface area contributed by atoms with Gasteiger partial charge in [0, 0.05) is 6.61 Å². The first-order valence-electron chi connectivity index (χ1n) is 4.54. The zero-order valence-electron chi connectivity index (χ0n) is 8.09. The summed E-state index contributed by atoms with van der Waals surface area (Å²) in [5, 5.41) is 8.74. The Morgan fingerprint density at radius 2 is 2.29 bits per heavy atom. The van der Waals surface area contributed by atoms with Crippen LogP contribution in [0.3, 0.4) is 0 Å². The van der Waals surface area contributed by atoms with Crippen LogP contribution in [0.5, 0.6) is 0 Å². The normalized spacial score (nSPS) is 9.79. The Morgan fingerprint density at radius 3 is 2.93 bits per heavy atom. The van der Waals surface area contributed by atoms with Crippen molar-refractivity contribution in [1.29, 1.82) is 5.26 Å². The molecule has 0 aromatic heterocycles. The lowest BCUT2D eigenvalue weighted by Crippen LogP contribution is -1.97. The molecule has 0 unspecified atom stereocenters. The molecule has 0 fully saturated rings. The number of hydrogen-bond donors (Lipinski definition) is 0. The molecule has 1 rings (SSSR count). The highest BCUT2D eigenvalue weighted by molar-refractivity contribution is 5.37. The van der Waals surface area contributed by atoms with Gasteiger partial charge in [-0.2, -0.15) is 5.26 Å². The molecule has 0 spiro atoms. The van der Waals surface area contributed by atoms with Gasteiger partial charge in [-0.3, -0.25) is 0 Å². The second-order valence-corrected chi connectivity index (χ2v) is 2.97. The fourth-order valence-electron chi connectivity index (χ4n) is 1.12. The zero-order valence-corrected chi connectivity index (χ0v) is 8.09. The first-order chi connectivity index (χ1) is 6.77. The summed E-state index contributed by atoms with van der Waals surface area (Å²) >= 11 is 0. The first-order valence-corrected chi connectivity index (χ1v) is 4.54. The molecular formula is C11H12FNO. The van der Waals surface area contributed by atoms with Crippen LogP contribution in [0, 0.1) is 17.1 Å². The van der Waals surface area contributed by atoms with Crippen molar-refractivity contribution in [1.82, 2.24) is 0 Å². The first kappa shape index (κ1) is 10.7. The molecule has 0 atom stereocenters. The van der Waals surface area contributed by atoms with Gasteiger partial charge in [-0.25, -0.2) is 4.39 Å². The van der Waals surface area contributed by atoms with Crippen molar-refractivity contribution in [3.05, 3.63) is 35.1 Å². The van der Waals surface area contributed by atoms with Gasteiger partial charge in [-0.1, -0.05) is 6.92 Å². The van der Waals surface area contributed by atoms with Crippen LogP contribution in [0.25, 0.3) is 0 Å². The minimum absolute atomic E-state index is 0.300. The summed E-state index contributed by atoms with van der Waals surface area (Å²) in [7, 11) is 0. The average molecular weight is 193 g/mol. The third kappa shape index (κ3) is 2.82. The minimum atomic E-state index is -0.334. The molecule has 0 radical (unpaired) electrons. The summed E-state index contributed by atoms with van der Waals surface area (Å²) in [6, 6.07) is 6.10. The maximum absolute atomic E-state index is 12.8. The van der Waals surface area contributed by atoms with Crippen molar-refractivity contribution < 1.29 is 9.13 Å². The van der Waals surface area contributed by atoms with Gasteiger partial charge in [0.15, 0.2) is 0 Å². The predicted octanol–water partition coefficient (Wildman–Crippen LogP) is 2.62. The van der Waals surface area contributed by atoms with Crippen LogP contribution in [-0.2, 0) is 11.3 Å². The molecule has 0 saturated heterocycles. The summed E-state index contributed by atoms with van der Waals surface area (Å²) in [5.41, 5.74) is 1.09. The molecule has 0 aliphatic heterocycles. The summed E-state index contributed by atoms with van der Waals surface area (Å²) in [5.74, 6) is -0.334. The van der Waals surface area contributed by atoms with Gasteiger partial charge in [0.05, 0.1) is 18.2 Å². The third-order valence-electron chi connectivity index (χ3n) is 1.79. The number of nitrogens with zero attached hydrogens (tertiary/aromatic N) is 1. The molecule has 1 aromatic rings. The number of halogens is 1. The van der Waals surface area contributed by atoms with Crippen LogP contribution >= 0.6 is 0 Å². The Labute approximate surface area is 82.9 Å². The summed E-state index contributed by atoms with van der Waals surface area (Å²) in [6.45, 7) is 2.92. The molecule has 0 N–H and O–H groups in total. The molecule has 0 aliphatic rings. The van der Waals surface area contributed by atoms with Crippen LogP contribution in [0.1, 0.15) is 24.5 Å². The number of nitriles is 1. The van der Waals surface area contributed by atoms with E-state index in [1.165, 1.54) is 18.2 Å². The van der Waals surface area contributed by atoms with Gasteiger partial charge in [0.25, 0.3) is 0 Å². The maximum Gasteiger partial charge on any atom is 0.123 e. The Bertz CT molecular complexity index is 344. The Kier molecular flexibility index (Phi) is 4.09. The highest BCUT2D eigenvalue weighted by Crippen LogP contribution is 2.11. The van der Waals surface area contributed by atoms with Crippen LogP contribution in [0.15, 0.2) is 18.2 Å². The molecule has 0 heterocycles. The highest BCUT2D eigenvalue weighted by Gasteiger charge is 2.03. The lowest BCUT2D eigenvalue weighted by molar-refractivity contribution is 0.121. The molecule has 2 nitrogen and oxygen atoms in total. The van der Waals surface area contributed by atoms with Crippen LogP contribution in [-0.4, -0.2) is 6.61 Å². The van der Waals surface area contributed by atoms with E-state index in [0.717, 1.165) is 6.42 Å². The van der Waals surface area contributed by atoms with E-state index in [4.69, 9.17) is 10.00 Å². The van der Waals surface area contributed by atoms with Gasteiger partial charge in [0.2, 0.25) is 0 Å².